The van der Waals surface area contributed by atoms with Gasteiger partial charge in [-0.25, -0.2) is 9.97 Å². The molecule has 1 N–H and O–H groups in total. The van der Waals surface area contributed by atoms with Gasteiger partial charge in [0, 0.05) is 44.5 Å². The number of likely N-dealkylation sites (N-methyl/N-ethyl adjacent to an activating group) is 1. The smallest absolute Gasteiger partial charge is 0.263 e. The number of fused-ring (bicyclic) bond motifs is 1. The summed E-state index contributed by atoms with van der Waals surface area (Å²) in [6.07, 6.45) is 12.0. The van der Waals surface area contributed by atoms with Gasteiger partial charge in [0.25, 0.3) is 5.91 Å². The van der Waals surface area contributed by atoms with Crippen molar-refractivity contribution < 1.29 is 9.53 Å². The number of carbonyl (C=O) groups is 1. The Bertz CT molecular complexity index is 1070. The van der Waals surface area contributed by atoms with E-state index < -0.39 is 0 Å². The second-order valence-electron chi connectivity index (χ2n) is 7.93. The van der Waals surface area contributed by atoms with E-state index in [-0.39, 0.29) is 12.0 Å². The highest BCUT2D eigenvalue weighted by Crippen LogP contribution is 2.29. The summed E-state index contributed by atoms with van der Waals surface area (Å²) in [4.78, 5) is 26.1. The van der Waals surface area contributed by atoms with Crippen LogP contribution in [0.3, 0.4) is 0 Å². The van der Waals surface area contributed by atoms with E-state index in [1.54, 1.807) is 11.1 Å². The molecule has 7 nitrogen and oxygen atoms in total. The molecule has 0 fully saturated rings. The van der Waals surface area contributed by atoms with Crippen LogP contribution in [0.25, 0.3) is 0 Å². The number of benzene rings is 1. The first-order valence-electron chi connectivity index (χ1n) is 11.3. The van der Waals surface area contributed by atoms with Crippen molar-refractivity contribution in [1.29, 1.82) is 0 Å². The number of ether oxygens (including phenoxy) is 1. The van der Waals surface area contributed by atoms with Crippen molar-refractivity contribution in [3.8, 4) is 5.75 Å². The summed E-state index contributed by atoms with van der Waals surface area (Å²) in [5.74, 6) is 1.24. The molecule has 0 radical (unpaired) electrons. The summed E-state index contributed by atoms with van der Waals surface area (Å²) in [6, 6.07) is 7.66. The van der Waals surface area contributed by atoms with Crippen LogP contribution in [0.15, 0.2) is 72.1 Å². The van der Waals surface area contributed by atoms with E-state index in [0.29, 0.717) is 35.4 Å². The highest BCUT2D eigenvalue weighted by atomic mass is 32.2. The van der Waals surface area contributed by atoms with Crippen LogP contribution >= 0.6 is 11.8 Å². The number of amides is 1. The lowest BCUT2D eigenvalue weighted by atomic mass is 10.1. The number of hydrogen-bond donors (Lipinski definition) is 1. The molecule has 0 spiro atoms. The molecule has 0 unspecified atom stereocenters. The van der Waals surface area contributed by atoms with Gasteiger partial charge in [-0.3, -0.25) is 4.79 Å². The molecule has 8 heteroatoms. The highest BCUT2D eigenvalue weighted by Gasteiger charge is 2.28. The number of aromatic nitrogens is 2. The number of carbonyl (C=O) groups excluding carboxylic acids is 1. The fourth-order valence-electron chi connectivity index (χ4n) is 3.63. The molecular formula is C26H33N5O2S. The number of hydrogen-bond acceptors (Lipinski definition) is 7. The van der Waals surface area contributed by atoms with Crippen molar-refractivity contribution in [3.63, 3.8) is 0 Å². The van der Waals surface area contributed by atoms with Crippen LogP contribution in [0.1, 0.15) is 23.7 Å². The summed E-state index contributed by atoms with van der Waals surface area (Å²) in [7, 11) is 3.87. The molecule has 2 aromatic rings. The van der Waals surface area contributed by atoms with Gasteiger partial charge in [0.1, 0.15) is 23.2 Å². The van der Waals surface area contributed by atoms with E-state index in [4.69, 9.17) is 4.74 Å². The van der Waals surface area contributed by atoms with Crippen LogP contribution < -0.4 is 19.9 Å². The zero-order valence-corrected chi connectivity index (χ0v) is 21.1. The second-order valence-corrected chi connectivity index (χ2v) is 8.70. The molecule has 0 aliphatic carbocycles. The van der Waals surface area contributed by atoms with Crippen molar-refractivity contribution in [2.75, 3.05) is 49.8 Å². The largest absolute Gasteiger partial charge is 0.486 e. The molecule has 1 aromatic heterocycles. The van der Waals surface area contributed by atoms with Gasteiger partial charge in [-0.05, 0) is 44.5 Å². The van der Waals surface area contributed by atoms with Crippen LogP contribution in [0, 0.1) is 0 Å². The van der Waals surface area contributed by atoms with Crippen molar-refractivity contribution in [1.82, 2.24) is 15.3 Å². The number of nitrogens with one attached hydrogen (secondary N) is 1. The van der Waals surface area contributed by atoms with E-state index in [9.17, 15) is 4.79 Å². The minimum absolute atomic E-state index is 0.116. The Balaban J connectivity index is 1.85. The predicted molar refractivity (Wildman–Crippen MR) is 141 cm³/mol. The zero-order chi connectivity index (χ0) is 24.5. The topological polar surface area (TPSA) is 70.6 Å². The maximum absolute atomic E-state index is 13.4. The fourth-order valence-corrected chi connectivity index (χ4v) is 3.96. The Morgan fingerprint density at radius 3 is 2.91 bits per heavy atom. The van der Waals surface area contributed by atoms with Gasteiger partial charge in [-0.2, -0.15) is 0 Å². The van der Waals surface area contributed by atoms with Gasteiger partial charge >= 0.3 is 0 Å². The second kappa shape index (κ2) is 12.4. The molecule has 1 aliphatic heterocycles. The molecule has 1 aliphatic rings. The standard InChI is InChI=1S/C26H33N5O2S/c1-6-7-8-10-19(2)23(13-14-27-3)33-21-12-9-11-20(17-21)31-16-15-30(4)24-22(25(31)32)18-28-26(29-24)34-5/h6-12,17-18,23,27H,2,13-16H2,1,3-5H3/b7-6-,10-8-/t23-/m1/s1. The summed E-state index contributed by atoms with van der Waals surface area (Å²) < 4.78 is 6.34. The summed E-state index contributed by atoms with van der Waals surface area (Å²) in [6.45, 7) is 8.17. The Hall–Kier alpha value is -3.10. The SMILES string of the molecule is C=C(/C=C\C=C/C)[C@@H](CCNC)Oc1cccc(N2CCN(C)c3nc(SC)ncc3C2=O)c1. The van der Waals surface area contributed by atoms with Gasteiger partial charge in [-0.15, -0.1) is 0 Å². The molecule has 1 atom stereocenters. The molecule has 1 amide bonds. The van der Waals surface area contributed by atoms with Gasteiger partial charge in [0.2, 0.25) is 0 Å². The van der Waals surface area contributed by atoms with Crippen LogP contribution in [-0.2, 0) is 0 Å². The van der Waals surface area contributed by atoms with E-state index in [1.165, 1.54) is 11.8 Å². The van der Waals surface area contributed by atoms with E-state index >= 15 is 0 Å². The molecule has 0 saturated heterocycles. The van der Waals surface area contributed by atoms with Gasteiger partial charge in [0.15, 0.2) is 5.16 Å². The highest BCUT2D eigenvalue weighted by molar-refractivity contribution is 7.98. The molecule has 34 heavy (non-hydrogen) atoms. The Morgan fingerprint density at radius 1 is 1.35 bits per heavy atom. The maximum Gasteiger partial charge on any atom is 0.263 e. The van der Waals surface area contributed by atoms with Crippen molar-refractivity contribution in [3.05, 3.63) is 72.5 Å². The maximum atomic E-state index is 13.4. The molecule has 1 aromatic carbocycles. The van der Waals surface area contributed by atoms with Gasteiger partial charge < -0.3 is 19.9 Å². The van der Waals surface area contributed by atoms with Crippen LogP contribution in [0.4, 0.5) is 11.5 Å². The Morgan fingerprint density at radius 2 is 2.18 bits per heavy atom. The van der Waals surface area contributed by atoms with E-state index in [0.717, 1.165) is 24.2 Å². The molecule has 180 valence electrons. The first-order chi connectivity index (χ1) is 16.5. The normalized spacial score (nSPS) is 15.0. The van der Waals surface area contributed by atoms with Gasteiger partial charge in [-0.1, -0.05) is 48.7 Å². The minimum Gasteiger partial charge on any atom is -0.486 e. The number of anilines is 2. The molecular weight excluding hydrogens is 446 g/mol. The third kappa shape index (κ3) is 6.27. The molecule has 0 bridgehead atoms. The Labute approximate surface area is 206 Å². The first kappa shape index (κ1) is 25.5. The monoisotopic (exact) mass is 479 g/mol. The zero-order valence-electron chi connectivity index (χ0n) is 20.3. The average molecular weight is 480 g/mol. The summed E-state index contributed by atoms with van der Waals surface area (Å²) in [5.41, 5.74) is 2.17. The van der Waals surface area contributed by atoms with E-state index in [1.807, 2.05) is 80.7 Å². The lowest BCUT2D eigenvalue weighted by Gasteiger charge is -2.23. The Kier molecular flexibility index (Phi) is 9.30. The predicted octanol–water partition coefficient (Wildman–Crippen LogP) is 4.34. The summed E-state index contributed by atoms with van der Waals surface area (Å²) >= 11 is 1.46. The number of allylic oxidation sites excluding steroid dienone is 3. The van der Waals surface area contributed by atoms with Gasteiger partial charge in [0.05, 0.1) is 0 Å². The quantitative estimate of drug-likeness (QED) is 0.309. The molecule has 2 heterocycles. The lowest BCUT2D eigenvalue weighted by molar-refractivity contribution is 0.0989. The third-order valence-electron chi connectivity index (χ3n) is 5.52. The third-order valence-corrected chi connectivity index (χ3v) is 6.08. The van der Waals surface area contributed by atoms with Crippen LogP contribution in [0.2, 0.25) is 0 Å². The lowest BCUT2D eigenvalue weighted by Crippen LogP contribution is -2.33. The fraction of sp³-hybridized carbons (Fsp3) is 0.346. The molecule has 0 saturated carbocycles. The van der Waals surface area contributed by atoms with E-state index in [2.05, 4.69) is 21.9 Å². The number of rotatable bonds is 10. The molecule has 3 rings (SSSR count). The first-order valence-corrected chi connectivity index (χ1v) is 12.5. The van der Waals surface area contributed by atoms with Crippen LogP contribution in [-0.4, -0.2) is 62.0 Å². The number of nitrogens with zero attached hydrogens (tertiary/aromatic N) is 4. The van der Waals surface area contributed by atoms with Crippen LogP contribution in [0.5, 0.6) is 5.75 Å². The van der Waals surface area contributed by atoms with Crippen molar-refractivity contribution >= 4 is 29.2 Å². The minimum atomic E-state index is -0.186. The summed E-state index contributed by atoms with van der Waals surface area (Å²) in [5, 5.41) is 3.82. The van der Waals surface area contributed by atoms with Crippen molar-refractivity contribution in [2.24, 2.45) is 0 Å². The average Bonchev–Trinajstić information content (AvgIpc) is 2.97. The van der Waals surface area contributed by atoms with Crippen molar-refractivity contribution in [2.45, 2.75) is 24.6 Å². The number of thioether (sulfide) groups is 1.